The third kappa shape index (κ3) is 3.39. The summed E-state index contributed by atoms with van der Waals surface area (Å²) in [6, 6.07) is 8.05. The van der Waals surface area contributed by atoms with Gasteiger partial charge in [-0.25, -0.2) is 4.98 Å². The lowest BCUT2D eigenvalue weighted by Gasteiger charge is -2.22. The summed E-state index contributed by atoms with van der Waals surface area (Å²) < 4.78 is 5.43. The highest BCUT2D eigenvalue weighted by molar-refractivity contribution is 5.43. The van der Waals surface area contributed by atoms with Crippen LogP contribution in [-0.2, 0) is 13.1 Å². The zero-order chi connectivity index (χ0) is 14.5. The minimum atomic E-state index is 0.391. The van der Waals surface area contributed by atoms with E-state index >= 15 is 0 Å². The van der Waals surface area contributed by atoms with Crippen LogP contribution in [0.5, 0.6) is 0 Å². The van der Waals surface area contributed by atoms with Crippen LogP contribution in [-0.4, -0.2) is 11.5 Å². The van der Waals surface area contributed by atoms with E-state index < -0.39 is 0 Å². The Labute approximate surface area is 120 Å². The van der Waals surface area contributed by atoms with Gasteiger partial charge in [0.05, 0.1) is 12.8 Å². The summed E-state index contributed by atoms with van der Waals surface area (Å²) in [7, 11) is 0. The number of furan rings is 1. The fraction of sp³-hybridized carbons (Fsp3) is 0.438. The predicted molar refractivity (Wildman–Crippen MR) is 81.6 cm³/mol. The molecule has 0 saturated heterocycles. The van der Waals surface area contributed by atoms with Gasteiger partial charge in [-0.2, -0.15) is 0 Å². The highest BCUT2D eigenvalue weighted by Crippen LogP contribution is 2.21. The molecule has 2 heterocycles. The van der Waals surface area contributed by atoms with Gasteiger partial charge >= 0.3 is 0 Å². The highest BCUT2D eigenvalue weighted by Gasteiger charge is 2.12. The Bertz CT molecular complexity index is 535. The van der Waals surface area contributed by atoms with Gasteiger partial charge in [-0.3, -0.25) is 0 Å². The molecule has 0 aliphatic carbocycles. The van der Waals surface area contributed by atoms with Gasteiger partial charge in [-0.15, -0.1) is 0 Å². The van der Waals surface area contributed by atoms with E-state index in [0.717, 1.165) is 35.9 Å². The van der Waals surface area contributed by atoms with Gasteiger partial charge in [0, 0.05) is 18.8 Å². The quantitative estimate of drug-likeness (QED) is 0.877. The van der Waals surface area contributed by atoms with E-state index in [1.165, 1.54) is 0 Å². The van der Waals surface area contributed by atoms with Gasteiger partial charge in [-0.1, -0.05) is 13.8 Å². The fourth-order valence-corrected chi connectivity index (χ4v) is 2.12. The maximum Gasteiger partial charge on any atom is 0.129 e. The Morgan fingerprint density at radius 2 is 2.15 bits per heavy atom. The Kier molecular flexibility index (Phi) is 4.79. The number of pyridine rings is 1. The van der Waals surface area contributed by atoms with Gasteiger partial charge in [0.25, 0.3) is 0 Å². The molecule has 0 spiro atoms. The van der Waals surface area contributed by atoms with Crippen LogP contribution in [0.4, 0.5) is 5.82 Å². The third-order valence-electron chi connectivity index (χ3n) is 3.35. The molecule has 108 valence electrons. The van der Waals surface area contributed by atoms with E-state index in [1.54, 1.807) is 6.26 Å². The van der Waals surface area contributed by atoms with Crippen molar-refractivity contribution in [2.45, 2.75) is 39.8 Å². The molecule has 2 aromatic rings. The molecule has 0 aliphatic rings. The second-order valence-corrected chi connectivity index (χ2v) is 5.21. The molecule has 0 unspecified atom stereocenters. The number of nitrogens with two attached hydrogens (primary N) is 1. The van der Waals surface area contributed by atoms with Crippen molar-refractivity contribution < 1.29 is 4.42 Å². The highest BCUT2D eigenvalue weighted by atomic mass is 16.3. The Morgan fingerprint density at radius 3 is 2.70 bits per heavy atom. The summed E-state index contributed by atoms with van der Waals surface area (Å²) in [4.78, 5) is 6.96. The fourth-order valence-electron chi connectivity index (χ4n) is 2.12. The van der Waals surface area contributed by atoms with E-state index in [9.17, 15) is 0 Å². The van der Waals surface area contributed by atoms with Gasteiger partial charge in [0.15, 0.2) is 0 Å². The van der Waals surface area contributed by atoms with Crippen LogP contribution < -0.4 is 10.6 Å². The van der Waals surface area contributed by atoms with Crippen molar-refractivity contribution in [1.29, 1.82) is 0 Å². The first-order valence-corrected chi connectivity index (χ1v) is 7.12. The number of hydrogen-bond donors (Lipinski definition) is 1. The average molecular weight is 273 g/mol. The molecule has 0 aromatic carbocycles. The molecule has 2 aromatic heterocycles. The molecular weight excluding hydrogens is 250 g/mol. The normalized spacial score (nSPS) is 11.1. The number of anilines is 1. The molecule has 0 amide bonds. The van der Waals surface area contributed by atoms with Crippen LogP contribution in [0.2, 0.25) is 0 Å². The largest absolute Gasteiger partial charge is 0.467 e. The average Bonchev–Trinajstić information content (AvgIpc) is 2.97. The molecule has 4 nitrogen and oxygen atoms in total. The number of hydrogen-bond acceptors (Lipinski definition) is 4. The van der Waals surface area contributed by atoms with Crippen LogP contribution in [0.1, 0.15) is 43.7 Å². The van der Waals surface area contributed by atoms with Crippen molar-refractivity contribution >= 4 is 5.82 Å². The molecular formula is C16H23N3O. The Morgan fingerprint density at radius 1 is 1.35 bits per heavy atom. The van der Waals surface area contributed by atoms with Gasteiger partial charge in [0.1, 0.15) is 11.6 Å². The SMILES string of the molecule is CCN(Cc1ccco1)c1cc(CN)cc(C(C)C)n1. The minimum Gasteiger partial charge on any atom is -0.467 e. The van der Waals surface area contributed by atoms with Gasteiger partial charge in [0.2, 0.25) is 0 Å². The second kappa shape index (κ2) is 6.57. The van der Waals surface area contributed by atoms with Crippen molar-refractivity contribution in [3.63, 3.8) is 0 Å². The molecule has 2 N–H and O–H groups in total. The molecule has 0 fully saturated rings. The molecule has 0 saturated carbocycles. The van der Waals surface area contributed by atoms with Crippen molar-refractivity contribution in [3.8, 4) is 0 Å². The molecule has 20 heavy (non-hydrogen) atoms. The van der Waals surface area contributed by atoms with Crippen molar-refractivity contribution in [1.82, 2.24) is 4.98 Å². The van der Waals surface area contributed by atoms with Crippen LogP contribution in [0.3, 0.4) is 0 Å². The van der Waals surface area contributed by atoms with E-state index in [0.29, 0.717) is 12.5 Å². The third-order valence-corrected chi connectivity index (χ3v) is 3.35. The summed E-state index contributed by atoms with van der Waals surface area (Å²) >= 11 is 0. The summed E-state index contributed by atoms with van der Waals surface area (Å²) in [6.07, 6.45) is 1.70. The van der Waals surface area contributed by atoms with Crippen molar-refractivity contribution in [3.05, 3.63) is 47.5 Å². The lowest BCUT2D eigenvalue weighted by Crippen LogP contribution is -2.23. The summed E-state index contributed by atoms with van der Waals surface area (Å²) in [5.41, 5.74) is 8.01. The van der Waals surface area contributed by atoms with Gasteiger partial charge in [-0.05, 0) is 42.7 Å². The van der Waals surface area contributed by atoms with Crippen LogP contribution in [0, 0.1) is 0 Å². The summed E-state index contributed by atoms with van der Waals surface area (Å²) in [5, 5.41) is 0. The van der Waals surface area contributed by atoms with Gasteiger partial charge < -0.3 is 15.1 Å². The number of aromatic nitrogens is 1. The van der Waals surface area contributed by atoms with Crippen molar-refractivity contribution in [2.75, 3.05) is 11.4 Å². The van der Waals surface area contributed by atoms with Crippen LogP contribution in [0.15, 0.2) is 34.9 Å². The number of rotatable bonds is 6. The summed E-state index contributed by atoms with van der Waals surface area (Å²) in [6.45, 7) is 8.55. The Hall–Kier alpha value is -1.81. The second-order valence-electron chi connectivity index (χ2n) is 5.21. The van der Waals surface area contributed by atoms with Crippen LogP contribution >= 0.6 is 0 Å². The van der Waals surface area contributed by atoms with Crippen molar-refractivity contribution in [2.24, 2.45) is 5.73 Å². The lowest BCUT2D eigenvalue weighted by molar-refractivity contribution is 0.502. The molecule has 0 aliphatic heterocycles. The zero-order valence-corrected chi connectivity index (χ0v) is 12.5. The lowest BCUT2D eigenvalue weighted by atomic mass is 10.1. The summed E-state index contributed by atoms with van der Waals surface area (Å²) in [5.74, 6) is 2.30. The first-order chi connectivity index (χ1) is 9.63. The molecule has 0 atom stereocenters. The van der Waals surface area contributed by atoms with Crippen LogP contribution in [0.25, 0.3) is 0 Å². The maximum absolute atomic E-state index is 5.80. The van der Waals surface area contributed by atoms with E-state index in [-0.39, 0.29) is 0 Å². The standard InChI is InChI=1S/C16H23N3O/c1-4-19(11-14-6-5-7-20-14)16-9-13(10-17)8-15(18-16)12(2)3/h5-9,12H,4,10-11,17H2,1-3H3. The molecule has 0 radical (unpaired) electrons. The maximum atomic E-state index is 5.80. The Balaban J connectivity index is 2.30. The molecule has 0 bridgehead atoms. The van der Waals surface area contributed by atoms with E-state index in [2.05, 4.69) is 37.8 Å². The van der Waals surface area contributed by atoms with E-state index in [4.69, 9.17) is 15.1 Å². The number of nitrogens with zero attached hydrogens (tertiary/aromatic N) is 2. The predicted octanol–water partition coefficient (Wildman–Crippen LogP) is 3.28. The zero-order valence-electron chi connectivity index (χ0n) is 12.5. The van der Waals surface area contributed by atoms with E-state index in [1.807, 2.05) is 12.1 Å². The molecule has 2 rings (SSSR count). The first-order valence-electron chi connectivity index (χ1n) is 7.12. The first kappa shape index (κ1) is 14.6. The topological polar surface area (TPSA) is 55.3 Å². The monoisotopic (exact) mass is 273 g/mol. The smallest absolute Gasteiger partial charge is 0.129 e. The minimum absolute atomic E-state index is 0.391. The molecule has 4 heteroatoms.